The Morgan fingerprint density at radius 1 is 1.44 bits per heavy atom. The Kier molecular flexibility index (Phi) is 5.06. The smallest absolute Gasteiger partial charge is 0.337 e. The molecule has 0 unspecified atom stereocenters. The molecule has 0 radical (unpaired) electrons. The standard InChI is InChI=1S/C11H19N2O2.ClH/c1-2-11-13(7-8-15-11)9-12-6-4-3-5-10(12)14;/h2-9H2,1H3;1H/q+1;/p-1. The van der Waals surface area contributed by atoms with Crippen LogP contribution in [0.25, 0.3) is 0 Å². The Bertz CT molecular complexity index is 292. The average Bonchev–Trinajstić information content (AvgIpc) is 2.69. The van der Waals surface area contributed by atoms with E-state index in [-0.39, 0.29) is 12.4 Å². The summed E-state index contributed by atoms with van der Waals surface area (Å²) in [5, 5.41) is 0. The third kappa shape index (κ3) is 2.88. The minimum absolute atomic E-state index is 0. The van der Waals surface area contributed by atoms with E-state index in [0.717, 1.165) is 57.9 Å². The van der Waals surface area contributed by atoms with Crippen molar-refractivity contribution in [2.75, 3.05) is 26.4 Å². The molecule has 16 heavy (non-hydrogen) atoms. The molecule has 0 spiro atoms. The lowest BCUT2D eigenvalue weighted by Crippen LogP contribution is -3.00. The quantitative estimate of drug-likeness (QED) is 0.530. The van der Waals surface area contributed by atoms with Gasteiger partial charge in [-0.3, -0.25) is 9.69 Å². The van der Waals surface area contributed by atoms with Crippen LogP contribution >= 0.6 is 0 Å². The Morgan fingerprint density at radius 2 is 2.25 bits per heavy atom. The molecule has 0 atom stereocenters. The maximum Gasteiger partial charge on any atom is 0.337 e. The van der Waals surface area contributed by atoms with E-state index < -0.39 is 0 Å². The first kappa shape index (κ1) is 13.3. The van der Waals surface area contributed by atoms with Gasteiger partial charge in [0.1, 0.15) is 0 Å². The van der Waals surface area contributed by atoms with E-state index >= 15 is 0 Å². The van der Waals surface area contributed by atoms with E-state index in [0.29, 0.717) is 5.91 Å². The van der Waals surface area contributed by atoms with Gasteiger partial charge in [-0.1, -0.05) is 6.92 Å². The molecule has 4 nitrogen and oxygen atoms in total. The number of carbonyl (C=O) groups excluding carboxylic acids is 1. The lowest BCUT2D eigenvalue weighted by molar-refractivity contribution is -0.537. The topological polar surface area (TPSA) is 32.5 Å². The summed E-state index contributed by atoms with van der Waals surface area (Å²) in [7, 11) is 0. The predicted molar refractivity (Wildman–Crippen MR) is 56.8 cm³/mol. The van der Waals surface area contributed by atoms with Crippen LogP contribution in [0.15, 0.2) is 0 Å². The summed E-state index contributed by atoms with van der Waals surface area (Å²) in [6.07, 6.45) is 3.83. The van der Waals surface area contributed by atoms with Crippen LogP contribution in [-0.2, 0) is 9.53 Å². The first-order chi connectivity index (χ1) is 7.31. The average molecular weight is 247 g/mol. The molecule has 92 valence electrons. The van der Waals surface area contributed by atoms with Crippen LogP contribution in [0.1, 0.15) is 32.6 Å². The van der Waals surface area contributed by atoms with Crippen molar-refractivity contribution in [3.63, 3.8) is 0 Å². The van der Waals surface area contributed by atoms with E-state index in [1.165, 1.54) is 0 Å². The summed E-state index contributed by atoms with van der Waals surface area (Å²) >= 11 is 0. The van der Waals surface area contributed by atoms with Gasteiger partial charge in [0.15, 0.2) is 13.2 Å². The first-order valence-electron chi connectivity index (χ1n) is 5.82. The highest BCUT2D eigenvalue weighted by Gasteiger charge is 2.27. The zero-order chi connectivity index (χ0) is 10.7. The fraction of sp³-hybridized carbons (Fsp3) is 0.818. The molecule has 1 saturated heterocycles. The normalized spacial score (nSPS) is 20.8. The van der Waals surface area contributed by atoms with Crippen LogP contribution in [0.2, 0.25) is 0 Å². The molecular weight excluding hydrogens is 228 g/mol. The van der Waals surface area contributed by atoms with Crippen molar-refractivity contribution in [3.8, 4) is 0 Å². The second kappa shape index (κ2) is 6.09. The predicted octanol–water partition coefficient (Wildman–Crippen LogP) is -2.19. The van der Waals surface area contributed by atoms with Crippen molar-refractivity contribution in [1.82, 2.24) is 4.90 Å². The van der Waals surface area contributed by atoms with E-state index in [1.807, 2.05) is 4.90 Å². The second-order valence-corrected chi connectivity index (χ2v) is 4.11. The van der Waals surface area contributed by atoms with Crippen LogP contribution < -0.4 is 12.4 Å². The molecule has 2 heterocycles. The fourth-order valence-corrected chi connectivity index (χ4v) is 2.18. The van der Waals surface area contributed by atoms with Crippen molar-refractivity contribution in [2.45, 2.75) is 32.6 Å². The summed E-state index contributed by atoms with van der Waals surface area (Å²) in [6.45, 7) is 5.41. The number of hydrogen-bond donors (Lipinski definition) is 0. The van der Waals surface area contributed by atoms with Gasteiger partial charge in [0.2, 0.25) is 12.6 Å². The first-order valence-corrected chi connectivity index (χ1v) is 5.82. The highest BCUT2D eigenvalue weighted by atomic mass is 35.5. The Labute approximate surface area is 103 Å². The molecule has 0 aliphatic carbocycles. The molecule has 5 heteroatoms. The highest BCUT2D eigenvalue weighted by Crippen LogP contribution is 2.11. The Morgan fingerprint density at radius 3 is 2.94 bits per heavy atom. The van der Waals surface area contributed by atoms with Crippen molar-refractivity contribution in [3.05, 3.63) is 0 Å². The van der Waals surface area contributed by atoms with Crippen molar-refractivity contribution in [1.29, 1.82) is 0 Å². The van der Waals surface area contributed by atoms with Crippen molar-refractivity contribution < 1.29 is 26.5 Å². The molecule has 1 amide bonds. The van der Waals surface area contributed by atoms with Gasteiger partial charge in [-0.05, 0) is 12.8 Å². The Hall–Kier alpha value is -0.770. The van der Waals surface area contributed by atoms with Crippen LogP contribution in [0.4, 0.5) is 0 Å². The molecule has 0 aromatic heterocycles. The Balaban J connectivity index is 0.00000128. The van der Waals surface area contributed by atoms with E-state index in [9.17, 15) is 4.79 Å². The largest absolute Gasteiger partial charge is 1.00 e. The number of piperidine rings is 1. The van der Waals surface area contributed by atoms with Crippen molar-refractivity contribution >= 4 is 11.8 Å². The number of ether oxygens (including phenoxy) is 1. The molecule has 2 aliphatic rings. The molecule has 0 aromatic rings. The number of nitrogens with zero attached hydrogens (tertiary/aromatic N) is 2. The summed E-state index contributed by atoms with van der Waals surface area (Å²) in [4.78, 5) is 13.6. The maximum absolute atomic E-state index is 11.6. The molecule has 0 N–H and O–H groups in total. The monoisotopic (exact) mass is 246 g/mol. The number of amides is 1. The van der Waals surface area contributed by atoms with E-state index in [1.54, 1.807) is 0 Å². The number of rotatable bonds is 3. The van der Waals surface area contributed by atoms with Gasteiger partial charge in [-0.15, -0.1) is 0 Å². The molecule has 1 fully saturated rings. The molecule has 0 saturated carbocycles. The molecule has 2 rings (SSSR count). The molecule has 0 aromatic carbocycles. The third-order valence-corrected chi connectivity index (χ3v) is 3.05. The minimum atomic E-state index is 0. The third-order valence-electron chi connectivity index (χ3n) is 3.05. The van der Waals surface area contributed by atoms with Crippen LogP contribution in [-0.4, -0.2) is 47.6 Å². The van der Waals surface area contributed by atoms with E-state index in [4.69, 9.17) is 4.74 Å². The highest BCUT2D eigenvalue weighted by molar-refractivity contribution is 5.77. The van der Waals surface area contributed by atoms with Gasteiger partial charge in [-0.2, -0.15) is 4.58 Å². The van der Waals surface area contributed by atoms with E-state index in [2.05, 4.69) is 11.5 Å². The summed E-state index contributed by atoms with van der Waals surface area (Å²) in [5.74, 6) is 1.33. The lowest BCUT2D eigenvalue weighted by atomic mass is 10.1. The van der Waals surface area contributed by atoms with Gasteiger partial charge >= 0.3 is 5.90 Å². The zero-order valence-corrected chi connectivity index (χ0v) is 10.5. The zero-order valence-electron chi connectivity index (χ0n) is 9.75. The number of carbonyl (C=O) groups is 1. The van der Waals surface area contributed by atoms with Gasteiger partial charge in [0.25, 0.3) is 0 Å². The number of likely N-dealkylation sites (tertiary alicyclic amines) is 1. The molecular formula is C11H19ClN2O2. The number of hydrogen-bond acceptors (Lipinski definition) is 2. The molecule has 0 bridgehead atoms. The molecule has 2 aliphatic heterocycles. The van der Waals surface area contributed by atoms with Crippen molar-refractivity contribution in [2.24, 2.45) is 0 Å². The van der Waals surface area contributed by atoms with Gasteiger partial charge in [0.05, 0.1) is 6.42 Å². The van der Waals surface area contributed by atoms with Crippen LogP contribution in [0, 0.1) is 0 Å². The minimum Gasteiger partial charge on any atom is -1.00 e. The summed E-state index contributed by atoms with van der Waals surface area (Å²) in [6, 6.07) is 0. The fourth-order valence-electron chi connectivity index (χ4n) is 2.18. The summed E-state index contributed by atoms with van der Waals surface area (Å²) < 4.78 is 7.68. The SMILES string of the molecule is CCC1=[N+](CN2CCCCC2=O)CCO1.[Cl-]. The second-order valence-electron chi connectivity index (χ2n) is 4.11. The van der Waals surface area contributed by atoms with Crippen LogP contribution in [0.3, 0.4) is 0 Å². The lowest BCUT2D eigenvalue weighted by Gasteiger charge is -2.23. The van der Waals surface area contributed by atoms with Gasteiger partial charge < -0.3 is 17.1 Å². The summed E-state index contributed by atoms with van der Waals surface area (Å²) in [5.41, 5.74) is 0. The number of halogens is 1. The van der Waals surface area contributed by atoms with Gasteiger partial charge in [-0.25, -0.2) is 0 Å². The maximum atomic E-state index is 11.6. The van der Waals surface area contributed by atoms with Crippen LogP contribution in [0.5, 0.6) is 0 Å². The van der Waals surface area contributed by atoms with Gasteiger partial charge in [0, 0.05) is 13.0 Å².